The van der Waals surface area contributed by atoms with Crippen LogP contribution in [0.1, 0.15) is 5.56 Å². The van der Waals surface area contributed by atoms with Crippen LogP contribution in [0, 0.1) is 5.82 Å². The zero-order valence-corrected chi connectivity index (χ0v) is 7.44. The van der Waals surface area contributed by atoms with Gasteiger partial charge in [0.25, 0.3) is 0 Å². The Morgan fingerprint density at radius 2 is 1.87 bits per heavy atom. The molecule has 0 aromatic heterocycles. The van der Waals surface area contributed by atoms with Crippen LogP contribution in [0.5, 0.6) is 5.75 Å². The predicted molar refractivity (Wildman–Crippen MR) is 45.4 cm³/mol. The third kappa shape index (κ3) is 2.72. The van der Waals surface area contributed by atoms with Crippen molar-refractivity contribution >= 4 is 5.69 Å². The van der Waals surface area contributed by atoms with E-state index in [9.17, 15) is 17.6 Å². The van der Waals surface area contributed by atoms with Crippen molar-refractivity contribution in [1.29, 1.82) is 0 Å². The molecule has 0 fully saturated rings. The second-order valence-electron chi connectivity index (χ2n) is 2.69. The average molecular weight is 224 g/mol. The highest BCUT2D eigenvalue weighted by atomic mass is 19.4. The number of nitrogen functional groups attached to an aromatic ring is 1. The number of hydrogen-bond donors (Lipinski definition) is 2. The maximum atomic E-state index is 13.0. The van der Waals surface area contributed by atoms with Crippen LogP contribution in [-0.4, -0.2) is 6.36 Å². The fraction of sp³-hybridized carbons (Fsp3) is 0.250. The summed E-state index contributed by atoms with van der Waals surface area (Å²) in [5, 5.41) is 0. The molecule has 0 bridgehead atoms. The lowest BCUT2D eigenvalue weighted by molar-refractivity contribution is -0.274. The summed E-state index contributed by atoms with van der Waals surface area (Å²) >= 11 is 0. The topological polar surface area (TPSA) is 61.3 Å². The molecule has 7 heteroatoms. The van der Waals surface area contributed by atoms with E-state index in [-0.39, 0.29) is 12.1 Å². The van der Waals surface area contributed by atoms with Gasteiger partial charge in [0.15, 0.2) is 5.75 Å². The summed E-state index contributed by atoms with van der Waals surface area (Å²) in [7, 11) is 0. The normalized spacial score (nSPS) is 11.5. The molecular formula is C8H8F4N2O. The summed E-state index contributed by atoms with van der Waals surface area (Å²) in [4.78, 5) is 0. The molecule has 1 aromatic rings. The van der Waals surface area contributed by atoms with E-state index < -0.39 is 23.6 Å². The lowest BCUT2D eigenvalue weighted by Crippen LogP contribution is -2.19. The SMILES string of the molecule is NCc1c(F)ccc(OC(F)(F)F)c1N. The second kappa shape index (κ2) is 3.93. The first-order valence-electron chi connectivity index (χ1n) is 3.88. The van der Waals surface area contributed by atoms with E-state index in [1.54, 1.807) is 0 Å². The number of halogens is 4. The third-order valence-corrected chi connectivity index (χ3v) is 1.69. The van der Waals surface area contributed by atoms with Crippen LogP contribution in [0.25, 0.3) is 0 Å². The minimum atomic E-state index is -4.86. The summed E-state index contributed by atoms with van der Waals surface area (Å²) in [6.45, 7) is -0.299. The zero-order valence-electron chi connectivity index (χ0n) is 7.44. The molecule has 1 aromatic carbocycles. The molecule has 0 radical (unpaired) electrons. The monoisotopic (exact) mass is 224 g/mol. The number of nitrogens with two attached hydrogens (primary N) is 2. The van der Waals surface area contributed by atoms with Gasteiger partial charge in [0.1, 0.15) is 5.82 Å². The van der Waals surface area contributed by atoms with Crippen LogP contribution >= 0.6 is 0 Å². The minimum Gasteiger partial charge on any atom is -0.404 e. The van der Waals surface area contributed by atoms with Crippen molar-refractivity contribution < 1.29 is 22.3 Å². The largest absolute Gasteiger partial charge is 0.573 e. The Morgan fingerprint density at radius 1 is 1.27 bits per heavy atom. The Hall–Kier alpha value is -1.50. The van der Waals surface area contributed by atoms with Crippen molar-refractivity contribution in [3.05, 3.63) is 23.5 Å². The molecule has 0 saturated carbocycles. The van der Waals surface area contributed by atoms with Crippen molar-refractivity contribution in [1.82, 2.24) is 0 Å². The molecule has 0 amide bonds. The van der Waals surface area contributed by atoms with Gasteiger partial charge in [-0.3, -0.25) is 0 Å². The van der Waals surface area contributed by atoms with Gasteiger partial charge in [-0.2, -0.15) is 0 Å². The van der Waals surface area contributed by atoms with Crippen LogP contribution in [-0.2, 0) is 6.54 Å². The van der Waals surface area contributed by atoms with Gasteiger partial charge >= 0.3 is 6.36 Å². The van der Waals surface area contributed by atoms with Crippen molar-refractivity contribution in [3.63, 3.8) is 0 Å². The highest BCUT2D eigenvalue weighted by Crippen LogP contribution is 2.31. The Balaban J connectivity index is 3.11. The highest BCUT2D eigenvalue weighted by Gasteiger charge is 2.32. The first-order chi connectivity index (χ1) is 6.85. The lowest BCUT2D eigenvalue weighted by atomic mass is 10.1. The molecule has 0 spiro atoms. The highest BCUT2D eigenvalue weighted by molar-refractivity contribution is 5.59. The standard InChI is InChI=1S/C8H8F4N2O/c9-5-1-2-6(15-8(10,11)12)7(14)4(5)3-13/h1-2H,3,13-14H2. The predicted octanol–water partition coefficient (Wildman–Crippen LogP) is 1.77. The molecule has 0 aliphatic heterocycles. The zero-order chi connectivity index (χ0) is 11.6. The number of rotatable bonds is 2. The smallest absolute Gasteiger partial charge is 0.404 e. The molecular weight excluding hydrogens is 216 g/mol. The first kappa shape index (κ1) is 11.6. The van der Waals surface area contributed by atoms with Gasteiger partial charge in [0.05, 0.1) is 5.69 Å². The maximum absolute atomic E-state index is 13.0. The molecule has 0 heterocycles. The molecule has 3 nitrogen and oxygen atoms in total. The molecule has 4 N–H and O–H groups in total. The lowest BCUT2D eigenvalue weighted by Gasteiger charge is -2.13. The molecule has 0 saturated heterocycles. The van der Waals surface area contributed by atoms with Crippen LogP contribution in [0.2, 0.25) is 0 Å². The summed E-state index contributed by atoms with van der Waals surface area (Å²) in [5.41, 5.74) is 9.75. The van der Waals surface area contributed by atoms with Crippen molar-refractivity contribution in [3.8, 4) is 5.75 Å². The maximum Gasteiger partial charge on any atom is 0.573 e. The van der Waals surface area contributed by atoms with E-state index in [1.807, 2.05) is 0 Å². The Bertz CT molecular complexity index is 364. The number of ether oxygens (including phenoxy) is 1. The Kier molecular flexibility index (Phi) is 3.04. The molecule has 1 rings (SSSR count). The number of hydrogen-bond acceptors (Lipinski definition) is 3. The van der Waals surface area contributed by atoms with Gasteiger partial charge in [-0.1, -0.05) is 0 Å². The van der Waals surface area contributed by atoms with Crippen LogP contribution in [0.4, 0.5) is 23.2 Å². The van der Waals surface area contributed by atoms with Crippen molar-refractivity contribution in [2.75, 3.05) is 5.73 Å². The van der Waals surface area contributed by atoms with E-state index in [0.29, 0.717) is 0 Å². The van der Waals surface area contributed by atoms with Crippen molar-refractivity contribution in [2.24, 2.45) is 5.73 Å². The average Bonchev–Trinajstić information content (AvgIpc) is 2.09. The van der Waals surface area contributed by atoms with Gasteiger partial charge in [0.2, 0.25) is 0 Å². The fourth-order valence-corrected chi connectivity index (χ4v) is 1.04. The summed E-state index contributed by atoms with van der Waals surface area (Å²) in [6, 6.07) is 1.62. The van der Waals surface area contributed by atoms with Crippen LogP contribution in [0.3, 0.4) is 0 Å². The van der Waals surface area contributed by atoms with Gasteiger partial charge < -0.3 is 16.2 Å². The van der Waals surface area contributed by atoms with E-state index in [0.717, 1.165) is 12.1 Å². The van der Waals surface area contributed by atoms with E-state index in [2.05, 4.69) is 4.74 Å². The molecule has 15 heavy (non-hydrogen) atoms. The Labute approximate surface area is 82.6 Å². The third-order valence-electron chi connectivity index (χ3n) is 1.69. The van der Waals surface area contributed by atoms with Crippen LogP contribution < -0.4 is 16.2 Å². The van der Waals surface area contributed by atoms with Crippen molar-refractivity contribution in [2.45, 2.75) is 12.9 Å². The molecule has 0 aliphatic carbocycles. The minimum absolute atomic E-state index is 0.197. The summed E-state index contributed by atoms with van der Waals surface area (Å²) in [6.07, 6.45) is -4.86. The van der Waals surface area contributed by atoms with Gasteiger partial charge in [-0.25, -0.2) is 4.39 Å². The fourth-order valence-electron chi connectivity index (χ4n) is 1.04. The summed E-state index contributed by atoms with van der Waals surface area (Å²) in [5.74, 6) is -1.41. The number of anilines is 1. The van der Waals surface area contributed by atoms with Crippen LogP contribution in [0.15, 0.2) is 12.1 Å². The van der Waals surface area contributed by atoms with Gasteiger partial charge in [0, 0.05) is 12.1 Å². The second-order valence-corrected chi connectivity index (χ2v) is 2.69. The van der Waals surface area contributed by atoms with Gasteiger partial charge in [-0.15, -0.1) is 13.2 Å². The van der Waals surface area contributed by atoms with E-state index >= 15 is 0 Å². The molecule has 84 valence electrons. The number of benzene rings is 1. The first-order valence-corrected chi connectivity index (χ1v) is 3.88. The molecule has 0 atom stereocenters. The van der Waals surface area contributed by atoms with Gasteiger partial charge in [-0.05, 0) is 12.1 Å². The number of alkyl halides is 3. The quantitative estimate of drug-likeness (QED) is 0.594. The Morgan fingerprint density at radius 3 is 2.33 bits per heavy atom. The summed E-state index contributed by atoms with van der Waals surface area (Å²) < 4.78 is 52.1. The molecule has 0 unspecified atom stereocenters. The molecule has 0 aliphatic rings. The van der Waals surface area contributed by atoms with E-state index in [4.69, 9.17) is 11.5 Å². The van der Waals surface area contributed by atoms with E-state index in [1.165, 1.54) is 0 Å².